The molecular formula is C24H24FN7O2. The maximum Gasteiger partial charge on any atom is 0.257 e. The van der Waals surface area contributed by atoms with E-state index < -0.39 is 5.82 Å². The lowest BCUT2D eigenvalue weighted by Crippen LogP contribution is -2.39. The molecule has 0 aliphatic carbocycles. The molecule has 0 spiro atoms. The minimum Gasteiger partial charge on any atom is -0.329 e. The van der Waals surface area contributed by atoms with Crippen LogP contribution < -0.4 is 5.43 Å². The number of carbonyl (C=O) groups excluding carboxylic acids is 1. The molecule has 0 radical (unpaired) electrons. The molecule has 1 aliphatic rings. The second kappa shape index (κ2) is 8.79. The highest BCUT2D eigenvalue weighted by atomic mass is 19.1. The Morgan fingerprint density at radius 2 is 1.94 bits per heavy atom. The number of para-hydroxylation sites is 1. The van der Waals surface area contributed by atoms with Crippen molar-refractivity contribution in [3.05, 3.63) is 87.5 Å². The monoisotopic (exact) mass is 461 g/mol. The normalized spacial score (nSPS) is 13.5. The minimum absolute atomic E-state index is 0.00401. The van der Waals surface area contributed by atoms with E-state index >= 15 is 0 Å². The smallest absolute Gasteiger partial charge is 0.257 e. The molecule has 1 amide bonds. The fourth-order valence-electron chi connectivity index (χ4n) is 4.26. The third kappa shape index (κ3) is 4.08. The molecule has 0 unspecified atom stereocenters. The number of aromatic nitrogens is 5. The second-order valence-electron chi connectivity index (χ2n) is 8.65. The van der Waals surface area contributed by atoms with Gasteiger partial charge in [0.25, 0.3) is 5.91 Å². The van der Waals surface area contributed by atoms with E-state index in [4.69, 9.17) is 0 Å². The SMILES string of the molecule is CN(C)Cc1nnc2n1CCN(C(=O)c1cc(Cn3ncc(=O)c4ccccc43)ccc1F)C2. The number of fused-ring (bicyclic) bond motifs is 2. The average molecular weight is 462 g/mol. The van der Waals surface area contributed by atoms with Gasteiger partial charge in [-0.3, -0.25) is 14.3 Å². The van der Waals surface area contributed by atoms with E-state index in [0.29, 0.717) is 48.5 Å². The number of amides is 1. The van der Waals surface area contributed by atoms with Crippen molar-refractivity contribution in [2.24, 2.45) is 0 Å². The van der Waals surface area contributed by atoms with Crippen LogP contribution in [0.1, 0.15) is 27.6 Å². The zero-order valence-corrected chi connectivity index (χ0v) is 19.0. The van der Waals surface area contributed by atoms with Crippen LogP contribution in [0.5, 0.6) is 0 Å². The molecule has 5 rings (SSSR count). The summed E-state index contributed by atoms with van der Waals surface area (Å²) in [6.07, 6.45) is 1.27. The molecule has 0 bridgehead atoms. The van der Waals surface area contributed by atoms with E-state index in [9.17, 15) is 14.0 Å². The maximum absolute atomic E-state index is 14.7. The first-order chi connectivity index (χ1) is 16.4. The number of nitrogens with zero attached hydrogens (tertiary/aromatic N) is 7. The molecule has 0 fully saturated rings. The molecule has 34 heavy (non-hydrogen) atoms. The van der Waals surface area contributed by atoms with Crippen LogP contribution in [-0.4, -0.2) is 60.9 Å². The van der Waals surface area contributed by atoms with E-state index in [-0.39, 0.29) is 23.4 Å². The van der Waals surface area contributed by atoms with Gasteiger partial charge in [-0.15, -0.1) is 10.2 Å². The predicted molar refractivity (Wildman–Crippen MR) is 124 cm³/mol. The topological polar surface area (TPSA) is 89.2 Å². The number of halogens is 1. The van der Waals surface area contributed by atoms with Gasteiger partial charge in [0.15, 0.2) is 5.82 Å². The second-order valence-corrected chi connectivity index (χ2v) is 8.65. The number of rotatable bonds is 5. The molecule has 0 N–H and O–H groups in total. The molecule has 10 heteroatoms. The van der Waals surface area contributed by atoms with Crippen LogP contribution in [0.3, 0.4) is 0 Å². The Bertz CT molecular complexity index is 1440. The third-order valence-electron chi connectivity index (χ3n) is 5.93. The molecule has 0 saturated carbocycles. The first-order valence-corrected chi connectivity index (χ1v) is 11.0. The molecule has 9 nitrogen and oxygen atoms in total. The van der Waals surface area contributed by atoms with Crippen molar-refractivity contribution >= 4 is 16.8 Å². The van der Waals surface area contributed by atoms with E-state index in [1.807, 2.05) is 35.7 Å². The number of benzene rings is 2. The van der Waals surface area contributed by atoms with Gasteiger partial charge >= 0.3 is 0 Å². The molecule has 3 heterocycles. The lowest BCUT2D eigenvalue weighted by Gasteiger charge is -2.28. The van der Waals surface area contributed by atoms with Crippen molar-refractivity contribution in [1.82, 2.24) is 34.3 Å². The summed E-state index contributed by atoms with van der Waals surface area (Å²) in [5, 5.41) is 13.3. The highest BCUT2D eigenvalue weighted by Crippen LogP contribution is 2.20. The van der Waals surface area contributed by atoms with Gasteiger partial charge in [0, 0.05) is 18.5 Å². The van der Waals surface area contributed by atoms with Crippen LogP contribution in [-0.2, 0) is 26.2 Å². The molecule has 2 aromatic heterocycles. The van der Waals surface area contributed by atoms with Gasteiger partial charge in [-0.25, -0.2) is 4.39 Å². The Morgan fingerprint density at radius 3 is 2.76 bits per heavy atom. The van der Waals surface area contributed by atoms with Crippen LogP contribution in [0.15, 0.2) is 53.5 Å². The first-order valence-electron chi connectivity index (χ1n) is 11.0. The summed E-state index contributed by atoms with van der Waals surface area (Å²) in [6.45, 7) is 2.23. The molecule has 0 saturated heterocycles. The Labute approximate surface area is 195 Å². The Morgan fingerprint density at radius 1 is 1.12 bits per heavy atom. The van der Waals surface area contributed by atoms with Crippen molar-refractivity contribution in [3.63, 3.8) is 0 Å². The number of hydrogen-bond donors (Lipinski definition) is 0. The largest absolute Gasteiger partial charge is 0.329 e. The molecule has 0 atom stereocenters. The summed E-state index contributed by atoms with van der Waals surface area (Å²) in [7, 11) is 3.92. The highest BCUT2D eigenvalue weighted by Gasteiger charge is 2.27. The predicted octanol–water partition coefficient (Wildman–Crippen LogP) is 1.89. The van der Waals surface area contributed by atoms with Crippen molar-refractivity contribution in [1.29, 1.82) is 0 Å². The first kappa shape index (κ1) is 21.9. The molecular weight excluding hydrogens is 437 g/mol. The van der Waals surface area contributed by atoms with Gasteiger partial charge in [-0.2, -0.15) is 5.10 Å². The van der Waals surface area contributed by atoms with E-state index in [1.54, 1.807) is 33.8 Å². The number of carbonyl (C=O) groups is 1. The van der Waals surface area contributed by atoms with Crippen LogP contribution in [0.2, 0.25) is 0 Å². The van der Waals surface area contributed by atoms with Crippen LogP contribution in [0.4, 0.5) is 4.39 Å². The molecule has 2 aromatic carbocycles. The van der Waals surface area contributed by atoms with Crippen molar-refractivity contribution < 1.29 is 9.18 Å². The zero-order chi connectivity index (χ0) is 23.8. The van der Waals surface area contributed by atoms with Gasteiger partial charge < -0.3 is 14.4 Å². The lowest BCUT2D eigenvalue weighted by molar-refractivity contribution is 0.0701. The Kier molecular flexibility index (Phi) is 5.66. The standard InChI is InChI=1S/C24H24FN7O2/c1-29(2)14-22-27-28-23-15-30(9-10-31(22)23)24(34)18-11-16(7-8-19(18)25)13-32-20-6-4-3-5-17(20)21(33)12-26-32/h3-8,11-12H,9-10,13-15H2,1-2H3. The summed E-state index contributed by atoms with van der Waals surface area (Å²) in [6, 6.07) is 11.7. The fraction of sp³-hybridized carbons (Fsp3) is 0.292. The molecule has 1 aliphatic heterocycles. The van der Waals surface area contributed by atoms with Gasteiger partial charge in [-0.1, -0.05) is 18.2 Å². The summed E-state index contributed by atoms with van der Waals surface area (Å²) in [5.74, 6) is 0.574. The van der Waals surface area contributed by atoms with Crippen LogP contribution in [0, 0.1) is 5.82 Å². The Balaban J connectivity index is 1.39. The van der Waals surface area contributed by atoms with E-state index in [1.165, 1.54) is 12.3 Å². The number of hydrogen-bond acceptors (Lipinski definition) is 6. The molecule has 174 valence electrons. The minimum atomic E-state index is -0.577. The van der Waals surface area contributed by atoms with Gasteiger partial charge in [-0.05, 0) is 43.9 Å². The van der Waals surface area contributed by atoms with E-state index in [0.717, 1.165) is 5.82 Å². The van der Waals surface area contributed by atoms with Crippen LogP contribution >= 0.6 is 0 Å². The van der Waals surface area contributed by atoms with Crippen LogP contribution in [0.25, 0.3) is 10.9 Å². The summed E-state index contributed by atoms with van der Waals surface area (Å²) in [4.78, 5) is 28.9. The van der Waals surface area contributed by atoms with Crippen molar-refractivity contribution in [3.8, 4) is 0 Å². The van der Waals surface area contributed by atoms with Crippen molar-refractivity contribution in [2.75, 3.05) is 20.6 Å². The fourth-order valence-corrected chi connectivity index (χ4v) is 4.26. The third-order valence-corrected chi connectivity index (χ3v) is 5.93. The zero-order valence-electron chi connectivity index (χ0n) is 19.0. The van der Waals surface area contributed by atoms with E-state index in [2.05, 4.69) is 15.3 Å². The quantitative estimate of drug-likeness (QED) is 0.451. The average Bonchev–Trinajstić information content (AvgIpc) is 3.23. The van der Waals surface area contributed by atoms with Gasteiger partial charge in [0.05, 0.1) is 36.9 Å². The summed E-state index contributed by atoms with van der Waals surface area (Å²) >= 11 is 0. The summed E-state index contributed by atoms with van der Waals surface area (Å²) in [5.41, 5.74) is 1.23. The van der Waals surface area contributed by atoms with Gasteiger partial charge in [0.2, 0.25) is 5.43 Å². The highest BCUT2D eigenvalue weighted by molar-refractivity contribution is 5.94. The van der Waals surface area contributed by atoms with Gasteiger partial charge in [0.1, 0.15) is 11.6 Å². The maximum atomic E-state index is 14.7. The van der Waals surface area contributed by atoms with Crippen molar-refractivity contribution in [2.45, 2.75) is 26.2 Å². The molecule has 4 aromatic rings. The Hall–Kier alpha value is -3.92. The summed E-state index contributed by atoms with van der Waals surface area (Å²) < 4.78 is 18.4. The lowest BCUT2D eigenvalue weighted by atomic mass is 10.1.